The molecular weight excluding hydrogens is 1180 g/mol. The van der Waals surface area contributed by atoms with E-state index in [9.17, 15) is 96.1 Å². The van der Waals surface area contributed by atoms with Crippen molar-refractivity contribution >= 4 is 30.1 Å². The van der Waals surface area contributed by atoms with Crippen LogP contribution in [0.5, 0.6) is 17.2 Å². The van der Waals surface area contributed by atoms with Gasteiger partial charge in [-0.1, -0.05) is 36.4 Å². The van der Waals surface area contributed by atoms with Crippen molar-refractivity contribution in [3.63, 3.8) is 0 Å². The zero-order valence-corrected chi connectivity index (χ0v) is 46.4. The minimum Gasteiger partial charge on any atom is -0.508 e. The van der Waals surface area contributed by atoms with Gasteiger partial charge in [-0.15, -0.1) is 0 Å². The molecule has 8 rings (SSSR count). The van der Waals surface area contributed by atoms with Crippen molar-refractivity contribution < 1.29 is 158 Å². The fraction of sp³-hybridized carbons (Fsp3) is 0.554. The van der Waals surface area contributed by atoms with E-state index in [-0.39, 0.29) is 28.4 Å². The third kappa shape index (κ3) is 15.3. The van der Waals surface area contributed by atoms with E-state index in [1.807, 2.05) is 0 Å². The van der Waals surface area contributed by atoms with E-state index < -0.39 is 204 Å². The molecule has 3 aromatic carbocycles. The molecular formula is C56H70O32. The smallest absolute Gasteiger partial charge is 0.338 e. The Hall–Kier alpha value is -5.97. The number of carbonyl (C=O) groups is 3. The lowest BCUT2D eigenvalue weighted by Crippen LogP contribution is -2.69. The first-order valence-electron chi connectivity index (χ1n) is 27.4. The summed E-state index contributed by atoms with van der Waals surface area (Å²) in [5, 5.41) is 173. The maximum Gasteiger partial charge on any atom is 0.338 e. The van der Waals surface area contributed by atoms with Gasteiger partial charge in [0.15, 0.2) is 48.9 Å². The molecule has 3 aromatic rings. The lowest BCUT2D eigenvalue weighted by Gasteiger charge is -2.51. The summed E-state index contributed by atoms with van der Waals surface area (Å²) in [5.74, 6) is -6.98. The largest absolute Gasteiger partial charge is 0.508 e. The lowest BCUT2D eigenvalue weighted by atomic mass is 9.95. The van der Waals surface area contributed by atoms with Crippen LogP contribution in [0.3, 0.4) is 0 Å². The number of carbonyl (C=O) groups excluding carboxylic acids is 3. The summed E-state index contributed by atoms with van der Waals surface area (Å²) in [6, 6.07) is 16.5. The Morgan fingerprint density at radius 3 is 1.58 bits per heavy atom. The van der Waals surface area contributed by atoms with Crippen molar-refractivity contribution in [1.82, 2.24) is 0 Å². The number of methoxy groups -OCH3 is 1. The summed E-state index contributed by atoms with van der Waals surface area (Å²) >= 11 is 0. The minimum absolute atomic E-state index is 0.0151. The van der Waals surface area contributed by atoms with Gasteiger partial charge in [0, 0.05) is 12.2 Å². The van der Waals surface area contributed by atoms with Gasteiger partial charge in [0.1, 0.15) is 116 Å². The first-order valence-corrected chi connectivity index (χ1v) is 27.4. The van der Waals surface area contributed by atoms with Crippen molar-refractivity contribution in [2.24, 2.45) is 0 Å². The second-order valence-corrected chi connectivity index (χ2v) is 20.8. The third-order valence-electron chi connectivity index (χ3n) is 15.0. The molecule has 5 heterocycles. The summed E-state index contributed by atoms with van der Waals surface area (Å²) in [4.78, 5) is 41.7. The van der Waals surface area contributed by atoms with Crippen LogP contribution in [0.4, 0.5) is 0 Å². The van der Waals surface area contributed by atoms with E-state index >= 15 is 0 Å². The second-order valence-electron chi connectivity index (χ2n) is 20.8. The van der Waals surface area contributed by atoms with Crippen molar-refractivity contribution in [3.8, 4) is 17.2 Å². The molecule has 486 valence electrons. The highest BCUT2D eigenvalue weighted by Gasteiger charge is 2.64. The summed E-state index contributed by atoms with van der Waals surface area (Å²) in [6.07, 6.45) is -44.2. The predicted octanol–water partition coefficient (Wildman–Crippen LogP) is -6.11. The topological polar surface area (TPSA) is 495 Å². The molecule has 32 heteroatoms. The molecule has 5 saturated heterocycles. The molecule has 0 amide bonds. The first kappa shape index (κ1) is 68.0. The Labute approximate surface area is 499 Å². The number of aliphatic hydroxyl groups excluding tert-OH is 14. The highest BCUT2D eigenvalue weighted by Crippen LogP contribution is 2.43. The average Bonchev–Trinajstić information content (AvgIpc) is 1.46. The Morgan fingerprint density at radius 2 is 1.00 bits per heavy atom. The molecule has 88 heavy (non-hydrogen) atoms. The number of esters is 3. The monoisotopic (exact) mass is 1250 g/mol. The molecule has 0 radical (unpaired) electrons. The maximum atomic E-state index is 14.1. The summed E-state index contributed by atoms with van der Waals surface area (Å²) in [5.41, 5.74) is 0.485. The average molecular weight is 1260 g/mol. The van der Waals surface area contributed by atoms with Gasteiger partial charge < -0.3 is 143 Å². The molecule has 0 bridgehead atoms. The summed E-state index contributed by atoms with van der Waals surface area (Å²) < 4.78 is 77.0. The summed E-state index contributed by atoms with van der Waals surface area (Å²) in [6.45, 7) is -6.65. The number of phenolic OH excluding ortho intramolecular Hbond substituents is 2. The van der Waals surface area contributed by atoms with E-state index in [0.717, 1.165) is 12.2 Å². The van der Waals surface area contributed by atoms with Crippen molar-refractivity contribution in [2.75, 3.05) is 46.8 Å². The number of ether oxygens (including phenoxy) is 13. The molecule has 0 unspecified atom stereocenters. The van der Waals surface area contributed by atoms with Crippen LogP contribution in [-0.4, -0.2) is 293 Å². The Bertz CT molecular complexity index is 2800. The normalized spacial score (nSPS) is 37.8. The van der Waals surface area contributed by atoms with Gasteiger partial charge in [-0.2, -0.15) is 0 Å². The second kappa shape index (κ2) is 30.2. The van der Waals surface area contributed by atoms with E-state index in [2.05, 4.69) is 0 Å². The molecule has 0 spiro atoms. The van der Waals surface area contributed by atoms with Crippen LogP contribution in [0.25, 0.3) is 12.2 Å². The third-order valence-corrected chi connectivity index (χ3v) is 15.0. The van der Waals surface area contributed by atoms with E-state index in [1.165, 1.54) is 86.0 Å². The highest BCUT2D eigenvalue weighted by molar-refractivity contribution is 5.90. The highest BCUT2D eigenvalue weighted by atomic mass is 16.8. The van der Waals surface area contributed by atoms with Crippen LogP contribution in [-0.2, 0) is 66.4 Å². The number of hydrogen-bond donors (Lipinski definition) is 16. The van der Waals surface area contributed by atoms with Crippen LogP contribution in [0.2, 0.25) is 0 Å². The Morgan fingerprint density at radius 1 is 0.500 bits per heavy atom. The zero-order valence-electron chi connectivity index (χ0n) is 46.4. The van der Waals surface area contributed by atoms with Crippen LogP contribution in [0.1, 0.15) is 21.5 Å². The Balaban J connectivity index is 1.24. The lowest BCUT2D eigenvalue weighted by molar-refractivity contribution is -0.423. The molecule has 16 N–H and O–H groups in total. The number of rotatable bonds is 23. The molecule has 24 atom stereocenters. The van der Waals surface area contributed by atoms with Crippen LogP contribution < -0.4 is 4.74 Å². The van der Waals surface area contributed by atoms with Gasteiger partial charge >= 0.3 is 17.9 Å². The number of hydrogen-bond acceptors (Lipinski definition) is 32. The molecule has 5 fully saturated rings. The quantitative estimate of drug-likeness (QED) is 0.0239. The van der Waals surface area contributed by atoms with Gasteiger partial charge in [-0.05, 0) is 59.7 Å². The fourth-order valence-corrected chi connectivity index (χ4v) is 10.2. The van der Waals surface area contributed by atoms with Gasteiger partial charge in [-0.25, -0.2) is 14.4 Å². The molecule has 32 nitrogen and oxygen atoms in total. The van der Waals surface area contributed by atoms with Crippen LogP contribution in [0, 0.1) is 0 Å². The molecule has 0 saturated carbocycles. The Kier molecular flexibility index (Phi) is 23.3. The van der Waals surface area contributed by atoms with E-state index in [0.29, 0.717) is 5.56 Å². The summed E-state index contributed by atoms with van der Waals surface area (Å²) in [7, 11) is 1.26. The van der Waals surface area contributed by atoms with Crippen LogP contribution in [0.15, 0.2) is 84.9 Å². The van der Waals surface area contributed by atoms with Gasteiger partial charge in [0.2, 0.25) is 5.79 Å². The maximum absolute atomic E-state index is 14.1. The zero-order chi connectivity index (χ0) is 63.7. The van der Waals surface area contributed by atoms with Gasteiger partial charge in [-0.3, -0.25) is 0 Å². The van der Waals surface area contributed by atoms with E-state index in [1.54, 1.807) is 6.07 Å². The number of phenols is 2. The molecule has 5 aliphatic heterocycles. The first-order chi connectivity index (χ1) is 42.1. The van der Waals surface area contributed by atoms with E-state index in [4.69, 9.17) is 61.6 Å². The molecule has 0 aliphatic carbocycles. The van der Waals surface area contributed by atoms with Crippen molar-refractivity contribution in [1.29, 1.82) is 0 Å². The van der Waals surface area contributed by atoms with Gasteiger partial charge in [0.05, 0.1) is 45.7 Å². The molecule has 0 aromatic heterocycles. The number of aromatic hydroxyl groups is 2. The van der Waals surface area contributed by atoms with Crippen molar-refractivity contribution in [2.45, 2.75) is 147 Å². The molecule has 5 aliphatic rings. The predicted molar refractivity (Wildman–Crippen MR) is 285 cm³/mol. The number of aliphatic hydroxyl groups is 14. The minimum atomic E-state index is -2.95. The van der Waals surface area contributed by atoms with Gasteiger partial charge in [0.25, 0.3) is 0 Å². The van der Waals surface area contributed by atoms with Crippen LogP contribution >= 0.6 is 0 Å². The van der Waals surface area contributed by atoms with Crippen molar-refractivity contribution in [3.05, 3.63) is 102 Å². The number of benzene rings is 3. The SMILES string of the molecule is COc1cc(/C=C/C(=O)O[C@H]2[C@H](O[C@H]3O[C@H](CO)[C@@H](O[C@@H]4O[C@H](CO)[C@@H](O)[C@H](O)[C@H]4O)[C@H](O)[C@H]3O)[C@@H](O[C@@H]3O[C@H](CO)[C@@H](O)[C@H](O)[C@H]3O)[C@@H](O[C@]3(COC(=O)/C=C/c4ccc(O)cc4)O[C@H](CO)[C@@H](O)[C@@H]3OC(=O)c3ccccc3)O[C@@H]2CO)ccc1O. The fourth-order valence-electron chi connectivity index (χ4n) is 10.2. The standard InChI is InChI=1S/C56H70O32/c1-76-29-17-25(9-14-28(29)63)11-16-36(65)82-47-34(22-61)81-55(88-56(23-77-35(64)15-10-24-7-12-27(62)13-8-24)50(39(68)32(20-59)87-56)86-51(75)26-5-3-2-4-6-26)49(85-53-44(73)41(70)38(67)31(19-58)79-53)48(47)84-54-45(74)42(71)46(33(21-60)80-54)83-52-43(72)40(69)37(66)30(18-57)78-52/h2-17,30-34,37-50,52-55,57-63,66-74H,18-23H2,1H3/b15-10+,16-11+/t30-,31-,32-,33-,34-,37-,38-,39-,40+,41+,42-,43-,44-,45-,46-,47-,48+,49-,50+,52+,53+,54-,55-,56+/m1/s1.